The molecule has 168 valence electrons. The van der Waals surface area contributed by atoms with Gasteiger partial charge in [0, 0.05) is 45.1 Å². The van der Waals surface area contributed by atoms with Crippen molar-refractivity contribution in [1.82, 2.24) is 25.7 Å². The van der Waals surface area contributed by atoms with Gasteiger partial charge in [0.2, 0.25) is 5.89 Å². The van der Waals surface area contributed by atoms with Gasteiger partial charge in [-0.25, -0.2) is 0 Å². The van der Waals surface area contributed by atoms with E-state index in [9.17, 15) is 0 Å². The minimum atomic E-state index is 0. The first-order chi connectivity index (χ1) is 13.5. The smallest absolute Gasteiger partial charge is 0.226 e. The Hall–Kier alpha value is -0.940. The molecule has 2 heterocycles. The number of nitrogens with one attached hydrogen (secondary N) is 2. The Morgan fingerprint density at radius 3 is 2.72 bits per heavy atom. The Kier molecular flexibility index (Phi) is 12.7. The Morgan fingerprint density at radius 1 is 1.28 bits per heavy atom. The third kappa shape index (κ3) is 10.1. The molecule has 1 aromatic heterocycles. The normalized spacial score (nSPS) is 18.2. The van der Waals surface area contributed by atoms with E-state index >= 15 is 0 Å². The fourth-order valence-corrected chi connectivity index (χ4v) is 3.16. The van der Waals surface area contributed by atoms with Crippen LogP contribution >= 0.6 is 24.0 Å². The molecule has 1 unspecified atom stereocenters. The zero-order valence-corrected chi connectivity index (χ0v) is 20.9. The van der Waals surface area contributed by atoms with Gasteiger partial charge in [-0.3, -0.25) is 9.89 Å². The second-order valence-electron chi connectivity index (χ2n) is 8.10. The molecule has 0 spiro atoms. The van der Waals surface area contributed by atoms with Crippen LogP contribution in [0.5, 0.6) is 0 Å². The number of aryl methyl sites for hydroxylation is 1. The second kappa shape index (κ2) is 14.1. The number of aliphatic imine (C=N–C) groups is 1. The van der Waals surface area contributed by atoms with Gasteiger partial charge < -0.3 is 19.9 Å². The molecule has 2 rings (SSSR count). The van der Waals surface area contributed by atoms with Crippen LogP contribution in [0.2, 0.25) is 0 Å². The van der Waals surface area contributed by atoms with Gasteiger partial charge >= 0.3 is 0 Å². The molecular weight excluding hydrogens is 483 g/mol. The van der Waals surface area contributed by atoms with Crippen LogP contribution in [0.1, 0.15) is 58.7 Å². The van der Waals surface area contributed by atoms with Gasteiger partial charge in [-0.2, -0.15) is 4.98 Å². The number of ether oxygens (including phenoxy) is 1. The zero-order chi connectivity index (χ0) is 20.4. The van der Waals surface area contributed by atoms with Gasteiger partial charge in [0.1, 0.15) is 0 Å². The summed E-state index contributed by atoms with van der Waals surface area (Å²) in [4.78, 5) is 11.6. The third-order valence-electron chi connectivity index (χ3n) is 4.50. The molecule has 0 amide bonds. The highest BCUT2D eigenvalue weighted by atomic mass is 127. The molecule has 2 N–H and O–H groups in total. The lowest BCUT2D eigenvalue weighted by Crippen LogP contribution is -2.46. The molecule has 9 heteroatoms. The maximum Gasteiger partial charge on any atom is 0.226 e. The molecule has 0 bridgehead atoms. The Labute approximate surface area is 192 Å². The van der Waals surface area contributed by atoms with Gasteiger partial charge in [-0.05, 0) is 19.3 Å². The largest absolute Gasteiger partial charge is 0.374 e. The Balaban J connectivity index is 0.00000420. The first-order valence-electron chi connectivity index (χ1n) is 10.7. The van der Waals surface area contributed by atoms with E-state index in [1.165, 1.54) is 0 Å². The SMILES string of the molecule is CCNC(=NCC1CN(CC(C)C)CCO1)NCCCc1nc(C(C)C)no1.I. The van der Waals surface area contributed by atoms with Crippen LogP contribution in [0, 0.1) is 5.92 Å². The third-order valence-corrected chi connectivity index (χ3v) is 4.50. The minimum Gasteiger partial charge on any atom is -0.374 e. The lowest BCUT2D eigenvalue weighted by Gasteiger charge is -2.33. The van der Waals surface area contributed by atoms with E-state index in [4.69, 9.17) is 14.3 Å². The maximum absolute atomic E-state index is 5.89. The fourth-order valence-electron chi connectivity index (χ4n) is 3.16. The molecule has 8 nitrogen and oxygen atoms in total. The van der Waals surface area contributed by atoms with Crippen molar-refractivity contribution in [1.29, 1.82) is 0 Å². The summed E-state index contributed by atoms with van der Waals surface area (Å²) in [6.45, 7) is 16.9. The quantitative estimate of drug-likeness (QED) is 0.212. The summed E-state index contributed by atoms with van der Waals surface area (Å²) >= 11 is 0. The first-order valence-corrected chi connectivity index (χ1v) is 10.7. The number of halogens is 1. The highest BCUT2D eigenvalue weighted by Gasteiger charge is 2.20. The monoisotopic (exact) mass is 522 g/mol. The molecule has 1 saturated heterocycles. The van der Waals surface area contributed by atoms with E-state index in [1.807, 2.05) is 0 Å². The number of morpholine rings is 1. The number of nitrogens with zero attached hydrogens (tertiary/aromatic N) is 4. The molecule has 1 aromatic rings. The topological polar surface area (TPSA) is 87.8 Å². The number of rotatable bonds is 10. The van der Waals surface area contributed by atoms with Crippen molar-refractivity contribution in [2.75, 3.05) is 45.9 Å². The van der Waals surface area contributed by atoms with E-state index in [0.29, 0.717) is 24.3 Å². The number of hydrogen-bond donors (Lipinski definition) is 2. The molecule has 29 heavy (non-hydrogen) atoms. The molecular formula is C20H39IN6O2. The number of hydrogen-bond acceptors (Lipinski definition) is 6. The van der Waals surface area contributed by atoms with Gasteiger partial charge in [0.05, 0.1) is 19.3 Å². The maximum atomic E-state index is 5.89. The van der Waals surface area contributed by atoms with E-state index in [2.05, 4.69) is 60.3 Å². The van der Waals surface area contributed by atoms with Crippen LogP contribution in [0.25, 0.3) is 0 Å². The highest BCUT2D eigenvalue weighted by molar-refractivity contribution is 14.0. The van der Waals surface area contributed by atoms with Crippen molar-refractivity contribution in [3.05, 3.63) is 11.7 Å². The molecule has 0 aliphatic carbocycles. The van der Waals surface area contributed by atoms with Crippen molar-refractivity contribution in [3.63, 3.8) is 0 Å². The van der Waals surface area contributed by atoms with Crippen molar-refractivity contribution < 1.29 is 9.26 Å². The highest BCUT2D eigenvalue weighted by Crippen LogP contribution is 2.10. The molecule has 1 aliphatic heterocycles. The molecule has 0 aromatic carbocycles. The summed E-state index contributed by atoms with van der Waals surface area (Å²) in [5, 5.41) is 10.7. The van der Waals surface area contributed by atoms with Crippen molar-refractivity contribution in [2.24, 2.45) is 10.9 Å². The van der Waals surface area contributed by atoms with Gasteiger partial charge in [-0.1, -0.05) is 32.9 Å². The predicted octanol–water partition coefficient (Wildman–Crippen LogP) is 2.66. The van der Waals surface area contributed by atoms with E-state index < -0.39 is 0 Å². The Bertz CT molecular complexity index is 593. The zero-order valence-electron chi connectivity index (χ0n) is 18.6. The second-order valence-corrected chi connectivity index (χ2v) is 8.10. The van der Waals surface area contributed by atoms with Crippen LogP contribution in [0.3, 0.4) is 0 Å². The van der Waals surface area contributed by atoms with Crippen LogP contribution in [-0.4, -0.2) is 73.0 Å². The van der Waals surface area contributed by atoms with E-state index in [-0.39, 0.29) is 30.1 Å². The molecule has 0 radical (unpaired) electrons. The van der Waals surface area contributed by atoms with Gasteiger partial charge in [0.25, 0.3) is 0 Å². The predicted molar refractivity (Wildman–Crippen MR) is 127 cm³/mol. The summed E-state index contributed by atoms with van der Waals surface area (Å²) in [6.07, 6.45) is 1.84. The lowest BCUT2D eigenvalue weighted by atomic mass is 10.2. The van der Waals surface area contributed by atoms with Crippen LogP contribution in [0.4, 0.5) is 0 Å². The first kappa shape index (κ1) is 26.1. The number of aromatic nitrogens is 2. The average molecular weight is 522 g/mol. The number of guanidine groups is 1. The molecule has 0 saturated carbocycles. The molecule has 1 aliphatic rings. The van der Waals surface area contributed by atoms with E-state index in [0.717, 1.165) is 64.0 Å². The minimum absolute atomic E-state index is 0. The summed E-state index contributed by atoms with van der Waals surface area (Å²) in [5.41, 5.74) is 0. The fraction of sp³-hybridized carbons (Fsp3) is 0.850. The van der Waals surface area contributed by atoms with Gasteiger partial charge in [0.15, 0.2) is 11.8 Å². The van der Waals surface area contributed by atoms with Gasteiger partial charge in [-0.15, -0.1) is 24.0 Å². The Morgan fingerprint density at radius 2 is 2.07 bits per heavy atom. The lowest BCUT2D eigenvalue weighted by molar-refractivity contribution is -0.0261. The summed E-state index contributed by atoms with van der Waals surface area (Å²) in [7, 11) is 0. The standard InChI is InChI=1S/C20H38N6O2.HI/c1-6-21-20(22-9-7-8-18-24-19(16(4)5)25-28-18)23-12-17-14-26(10-11-27-17)13-15(2)3;/h15-17H,6-14H2,1-5H3,(H2,21,22,23);1H. The van der Waals surface area contributed by atoms with Crippen LogP contribution in [0.15, 0.2) is 9.52 Å². The van der Waals surface area contributed by atoms with E-state index in [1.54, 1.807) is 0 Å². The summed E-state index contributed by atoms with van der Waals surface area (Å²) < 4.78 is 11.2. The van der Waals surface area contributed by atoms with Crippen LogP contribution in [-0.2, 0) is 11.2 Å². The average Bonchev–Trinajstić information content (AvgIpc) is 3.12. The summed E-state index contributed by atoms with van der Waals surface area (Å²) in [5.74, 6) is 3.28. The molecule has 1 atom stereocenters. The molecule has 1 fully saturated rings. The van der Waals surface area contributed by atoms with Crippen molar-refractivity contribution >= 4 is 29.9 Å². The van der Waals surface area contributed by atoms with Crippen LogP contribution < -0.4 is 10.6 Å². The van der Waals surface area contributed by atoms with Crippen molar-refractivity contribution in [2.45, 2.75) is 59.5 Å². The summed E-state index contributed by atoms with van der Waals surface area (Å²) in [6, 6.07) is 0. The van der Waals surface area contributed by atoms with Crippen molar-refractivity contribution in [3.8, 4) is 0 Å².